The molecule has 8 heteroatoms. The lowest BCUT2D eigenvalue weighted by Gasteiger charge is -2.20. The molecule has 110 valence electrons. The Kier molecular flexibility index (Phi) is 5.84. The van der Waals surface area contributed by atoms with Gasteiger partial charge in [-0.15, -0.1) is 12.4 Å². The summed E-state index contributed by atoms with van der Waals surface area (Å²) >= 11 is 0. The number of nitro benzene ring substituents is 1. The summed E-state index contributed by atoms with van der Waals surface area (Å²) in [7, 11) is 0. The topological polar surface area (TPSA) is 75.5 Å². The quantitative estimate of drug-likeness (QED) is 0.665. The van der Waals surface area contributed by atoms with E-state index in [2.05, 4.69) is 5.32 Å². The number of hydrogen-bond acceptors (Lipinski definition) is 4. The van der Waals surface area contributed by atoms with Crippen LogP contribution in [-0.2, 0) is 0 Å². The first-order chi connectivity index (χ1) is 9.09. The summed E-state index contributed by atoms with van der Waals surface area (Å²) in [6.45, 7) is 2.56. The monoisotopic (exact) mass is 303 g/mol. The second-order valence-electron chi connectivity index (χ2n) is 4.32. The molecule has 6 nitrogen and oxygen atoms in total. The van der Waals surface area contributed by atoms with E-state index in [1.807, 2.05) is 0 Å². The van der Waals surface area contributed by atoms with Crippen LogP contribution in [-0.4, -0.2) is 41.9 Å². The highest BCUT2D eigenvalue weighted by molar-refractivity contribution is 5.94. The van der Waals surface area contributed by atoms with Crippen LogP contribution in [0.2, 0.25) is 0 Å². The van der Waals surface area contributed by atoms with Gasteiger partial charge in [0, 0.05) is 25.7 Å². The average Bonchev–Trinajstić information content (AvgIpc) is 2.66. The maximum Gasteiger partial charge on any atom is 0.272 e. The Balaban J connectivity index is 0.00000200. The Hall–Kier alpha value is -1.73. The van der Waals surface area contributed by atoms with Gasteiger partial charge < -0.3 is 10.2 Å². The Labute approximate surface area is 121 Å². The van der Waals surface area contributed by atoms with Gasteiger partial charge in [-0.1, -0.05) is 0 Å². The fourth-order valence-corrected chi connectivity index (χ4v) is 2.01. The Morgan fingerprint density at radius 3 is 2.75 bits per heavy atom. The van der Waals surface area contributed by atoms with E-state index in [-0.39, 0.29) is 23.7 Å². The zero-order chi connectivity index (χ0) is 13.8. The second kappa shape index (κ2) is 7.16. The first kappa shape index (κ1) is 16.3. The SMILES string of the molecule is Cl.O=C(c1ccc([N+](=O)[O-])cc1F)N1CCCNCC1. The van der Waals surface area contributed by atoms with E-state index >= 15 is 0 Å². The Morgan fingerprint density at radius 1 is 1.35 bits per heavy atom. The van der Waals surface area contributed by atoms with Gasteiger partial charge in [-0.2, -0.15) is 0 Å². The van der Waals surface area contributed by atoms with Crippen LogP contribution in [0.15, 0.2) is 18.2 Å². The van der Waals surface area contributed by atoms with Gasteiger partial charge in [-0.3, -0.25) is 14.9 Å². The van der Waals surface area contributed by atoms with Gasteiger partial charge in [-0.05, 0) is 19.0 Å². The molecule has 1 N–H and O–H groups in total. The minimum absolute atomic E-state index is 0. The molecule has 2 rings (SSSR count). The van der Waals surface area contributed by atoms with Gasteiger partial charge in [0.15, 0.2) is 0 Å². The first-order valence-electron chi connectivity index (χ1n) is 6.03. The van der Waals surface area contributed by atoms with Crippen LogP contribution >= 0.6 is 12.4 Å². The molecule has 0 aliphatic carbocycles. The number of non-ortho nitro benzene ring substituents is 1. The van der Waals surface area contributed by atoms with Crippen LogP contribution in [0.5, 0.6) is 0 Å². The van der Waals surface area contributed by atoms with E-state index in [0.29, 0.717) is 19.6 Å². The van der Waals surface area contributed by atoms with Gasteiger partial charge in [0.1, 0.15) is 5.82 Å². The molecule has 1 aliphatic rings. The number of carbonyl (C=O) groups is 1. The highest BCUT2D eigenvalue weighted by atomic mass is 35.5. The Morgan fingerprint density at radius 2 is 2.10 bits per heavy atom. The first-order valence-corrected chi connectivity index (χ1v) is 6.03. The van der Waals surface area contributed by atoms with Crippen molar-refractivity contribution in [2.24, 2.45) is 0 Å². The lowest BCUT2D eigenvalue weighted by atomic mass is 10.1. The van der Waals surface area contributed by atoms with Gasteiger partial charge in [0.05, 0.1) is 16.6 Å². The molecule has 1 aromatic rings. The largest absolute Gasteiger partial charge is 0.337 e. The van der Waals surface area contributed by atoms with Gasteiger partial charge in [0.2, 0.25) is 0 Å². The van der Waals surface area contributed by atoms with Crippen molar-refractivity contribution in [3.05, 3.63) is 39.7 Å². The number of nitrogens with one attached hydrogen (secondary N) is 1. The molecule has 0 bridgehead atoms. The molecule has 0 aromatic heterocycles. The second-order valence-corrected chi connectivity index (χ2v) is 4.32. The maximum absolute atomic E-state index is 13.7. The average molecular weight is 304 g/mol. The third kappa shape index (κ3) is 3.64. The summed E-state index contributed by atoms with van der Waals surface area (Å²) in [5.74, 6) is -1.27. The standard InChI is InChI=1S/C12H14FN3O3.ClH/c13-11-8-9(16(18)19)2-3-10(11)12(17)15-6-1-4-14-5-7-15;/h2-3,8,14H,1,4-7H2;1H. The highest BCUT2D eigenvalue weighted by Gasteiger charge is 2.21. The molecule has 1 heterocycles. The Bertz CT molecular complexity index is 505. The molecular weight excluding hydrogens is 289 g/mol. The van der Waals surface area contributed by atoms with Crippen LogP contribution in [0.4, 0.5) is 10.1 Å². The third-order valence-electron chi connectivity index (χ3n) is 3.02. The summed E-state index contributed by atoms with van der Waals surface area (Å²) in [5.41, 5.74) is -0.473. The van der Waals surface area contributed by atoms with Crippen molar-refractivity contribution >= 4 is 24.0 Å². The number of halogens is 2. The maximum atomic E-state index is 13.7. The molecule has 1 saturated heterocycles. The van der Waals surface area contributed by atoms with Crippen LogP contribution < -0.4 is 5.32 Å². The van der Waals surface area contributed by atoms with Crippen molar-refractivity contribution in [3.63, 3.8) is 0 Å². The van der Waals surface area contributed by atoms with E-state index < -0.39 is 16.6 Å². The summed E-state index contributed by atoms with van der Waals surface area (Å²) in [6.07, 6.45) is 0.806. The molecule has 0 atom stereocenters. The fourth-order valence-electron chi connectivity index (χ4n) is 2.01. The van der Waals surface area contributed by atoms with E-state index in [9.17, 15) is 19.3 Å². The third-order valence-corrected chi connectivity index (χ3v) is 3.02. The number of rotatable bonds is 2. The predicted octanol–water partition coefficient (Wildman–Crippen LogP) is 1.59. The number of carbonyl (C=O) groups excluding carboxylic acids is 1. The molecule has 0 spiro atoms. The summed E-state index contributed by atoms with van der Waals surface area (Å²) < 4.78 is 13.7. The molecule has 0 unspecified atom stereocenters. The summed E-state index contributed by atoms with van der Waals surface area (Å²) in [6, 6.07) is 3.10. The number of benzene rings is 1. The molecule has 1 amide bonds. The minimum Gasteiger partial charge on any atom is -0.337 e. The number of hydrogen-bond donors (Lipinski definition) is 1. The predicted molar refractivity (Wildman–Crippen MR) is 73.7 cm³/mol. The normalized spacial score (nSPS) is 15.2. The summed E-state index contributed by atoms with van der Waals surface area (Å²) in [5, 5.41) is 13.7. The zero-order valence-corrected chi connectivity index (χ0v) is 11.5. The van der Waals surface area contributed by atoms with Crippen molar-refractivity contribution in [3.8, 4) is 0 Å². The highest BCUT2D eigenvalue weighted by Crippen LogP contribution is 2.18. The molecule has 20 heavy (non-hydrogen) atoms. The van der Waals surface area contributed by atoms with Crippen LogP contribution in [0.1, 0.15) is 16.8 Å². The molecule has 1 aliphatic heterocycles. The van der Waals surface area contributed by atoms with E-state index in [4.69, 9.17) is 0 Å². The van der Waals surface area contributed by atoms with Crippen molar-refractivity contribution < 1.29 is 14.1 Å². The van der Waals surface area contributed by atoms with Crippen LogP contribution in [0.3, 0.4) is 0 Å². The van der Waals surface area contributed by atoms with Crippen molar-refractivity contribution in [1.82, 2.24) is 10.2 Å². The van der Waals surface area contributed by atoms with E-state index in [0.717, 1.165) is 25.1 Å². The van der Waals surface area contributed by atoms with Crippen molar-refractivity contribution in [1.29, 1.82) is 0 Å². The number of nitro groups is 1. The van der Waals surface area contributed by atoms with Gasteiger partial charge in [-0.25, -0.2) is 4.39 Å². The molecule has 0 radical (unpaired) electrons. The lowest BCUT2D eigenvalue weighted by Crippen LogP contribution is -2.34. The van der Waals surface area contributed by atoms with Crippen LogP contribution in [0, 0.1) is 15.9 Å². The summed E-state index contributed by atoms with van der Waals surface area (Å²) in [4.78, 5) is 23.5. The molecule has 1 fully saturated rings. The molecular formula is C12H15ClFN3O3. The van der Waals surface area contributed by atoms with E-state index in [1.54, 1.807) is 4.90 Å². The fraction of sp³-hybridized carbons (Fsp3) is 0.417. The minimum atomic E-state index is -0.851. The number of nitrogens with zero attached hydrogens (tertiary/aromatic N) is 2. The smallest absolute Gasteiger partial charge is 0.272 e. The zero-order valence-electron chi connectivity index (χ0n) is 10.7. The molecule has 1 aromatic carbocycles. The number of amides is 1. The van der Waals surface area contributed by atoms with Gasteiger partial charge >= 0.3 is 0 Å². The van der Waals surface area contributed by atoms with Crippen molar-refractivity contribution in [2.75, 3.05) is 26.2 Å². The van der Waals surface area contributed by atoms with Crippen LogP contribution in [0.25, 0.3) is 0 Å². The molecule has 0 saturated carbocycles. The van der Waals surface area contributed by atoms with E-state index in [1.165, 1.54) is 6.07 Å². The van der Waals surface area contributed by atoms with Gasteiger partial charge in [0.25, 0.3) is 11.6 Å². The lowest BCUT2D eigenvalue weighted by molar-refractivity contribution is -0.385. The van der Waals surface area contributed by atoms with Crippen molar-refractivity contribution in [2.45, 2.75) is 6.42 Å².